The van der Waals surface area contributed by atoms with Gasteiger partial charge in [-0.05, 0) is 23.8 Å². The number of hydrogen-bond donors (Lipinski definition) is 0. The van der Waals surface area contributed by atoms with E-state index in [0.717, 1.165) is 14.8 Å². The summed E-state index contributed by atoms with van der Waals surface area (Å²) < 4.78 is 0.759. The van der Waals surface area contributed by atoms with Crippen molar-refractivity contribution in [2.24, 2.45) is 0 Å². The van der Waals surface area contributed by atoms with Crippen LogP contribution in [0, 0.1) is 0 Å². The van der Waals surface area contributed by atoms with Crippen LogP contribution in [0.2, 0.25) is 4.34 Å². The molecule has 0 aliphatic heterocycles. The minimum atomic E-state index is -0.152. The van der Waals surface area contributed by atoms with E-state index in [1.54, 1.807) is 12.4 Å². The molecule has 0 fully saturated rings. The summed E-state index contributed by atoms with van der Waals surface area (Å²) in [7, 11) is 0. The number of thiophene rings is 1. The molecule has 0 spiro atoms. The summed E-state index contributed by atoms with van der Waals surface area (Å²) in [5.41, 5.74) is 0.993. The predicted molar refractivity (Wildman–Crippen MR) is 61.3 cm³/mol. The zero-order chi connectivity index (χ0) is 9.97. The number of hydrogen-bond acceptors (Lipinski definition) is 2. The Morgan fingerprint density at radius 3 is 2.71 bits per heavy atom. The van der Waals surface area contributed by atoms with Crippen LogP contribution in [0.4, 0.5) is 0 Å². The van der Waals surface area contributed by atoms with Crippen molar-refractivity contribution in [2.45, 2.75) is 5.38 Å². The van der Waals surface area contributed by atoms with E-state index in [-0.39, 0.29) is 5.38 Å². The molecule has 2 aromatic rings. The topological polar surface area (TPSA) is 12.9 Å². The fourth-order valence-electron chi connectivity index (χ4n) is 1.15. The second-order valence-electron chi connectivity index (χ2n) is 2.79. The molecule has 0 bridgehead atoms. The lowest BCUT2D eigenvalue weighted by atomic mass is 10.2. The highest BCUT2D eigenvalue weighted by Crippen LogP contribution is 2.34. The van der Waals surface area contributed by atoms with Crippen LogP contribution in [-0.2, 0) is 0 Å². The number of aromatic nitrogens is 1. The molecule has 14 heavy (non-hydrogen) atoms. The van der Waals surface area contributed by atoms with Crippen LogP contribution in [0.25, 0.3) is 0 Å². The Labute approximate surface area is 96.3 Å². The van der Waals surface area contributed by atoms with Gasteiger partial charge in [-0.2, -0.15) is 0 Å². The summed E-state index contributed by atoms with van der Waals surface area (Å²) in [6, 6.07) is 7.63. The van der Waals surface area contributed by atoms with Crippen molar-refractivity contribution in [2.75, 3.05) is 0 Å². The molecule has 0 radical (unpaired) electrons. The van der Waals surface area contributed by atoms with Gasteiger partial charge >= 0.3 is 0 Å². The molecule has 1 atom stereocenters. The maximum Gasteiger partial charge on any atom is 0.0943 e. The van der Waals surface area contributed by atoms with Crippen LogP contribution in [0.5, 0.6) is 0 Å². The van der Waals surface area contributed by atoms with Crippen molar-refractivity contribution in [3.63, 3.8) is 0 Å². The first-order valence-electron chi connectivity index (χ1n) is 4.06. The van der Waals surface area contributed by atoms with E-state index in [0.29, 0.717) is 0 Å². The quantitative estimate of drug-likeness (QED) is 0.724. The summed E-state index contributed by atoms with van der Waals surface area (Å²) in [6.07, 6.45) is 3.50. The van der Waals surface area contributed by atoms with E-state index in [1.807, 2.05) is 24.3 Å². The zero-order valence-electron chi connectivity index (χ0n) is 7.15. The van der Waals surface area contributed by atoms with E-state index in [1.165, 1.54) is 11.3 Å². The Hall–Kier alpha value is -0.570. The van der Waals surface area contributed by atoms with Gasteiger partial charge in [0.1, 0.15) is 0 Å². The number of halogens is 2. The van der Waals surface area contributed by atoms with Crippen molar-refractivity contribution in [1.82, 2.24) is 4.98 Å². The predicted octanol–water partition coefficient (Wildman–Crippen LogP) is 4.12. The molecule has 0 N–H and O–H groups in total. The second kappa shape index (κ2) is 4.30. The first kappa shape index (κ1) is 9.97. The molecule has 2 heterocycles. The summed E-state index contributed by atoms with van der Waals surface area (Å²) in [5.74, 6) is 0. The molecular weight excluding hydrogens is 237 g/mol. The summed E-state index contributed by atoms with van der Waals surface area (Å²) in [5, 5.41) is -0.152. The van der Waals surface area contributed by atoms with Crippen LogP contribution < -0.4 is 0 Å². The van der Waals surface area contributed by atoms with Gasteiger partial charge in [-0.15, -0.1) is 22.9 Å². The van der Waals surface area contributed by atoms with Crippen LogP contribution in [0.3, 0.4) is 0 Å². The Morgan fingerprint density at radius 1 is 1.29 bits per heavy atom. The van der Waals surface area contributed by atoms with Gasteiger partial charge in [0.25, 0.3) is 0 Å². The number of pyridine rings is 1. The van der Waals surface area contributed by atoms with Crippen LogP contribution in [-0.4, -0.2) is 4.98 Å². The molecule has 1 unspecified atom stereocenters. The second-order valence-corrected chi connectivity index (χ2v) is 4.97. The molecule has 72 valence electrons. The largest absolute Gasteiger partial charge is 0.264 e. The molecule has 0 aliphatic rings. The Kier molecular flexibility index (Phi) is 3.06. The normalized spacial score (nSPS) is 12.7. The standard InChI is InChI=1S/C10H7Cl2NS/c11-9-4-3-8(14-9)10(12)7-2-1-5-13-6-7/h1-6,10H. The Morgan fingerprint density at radius 2 is 2.14 bits per heavy atom. The molecule has 0 amide bonds. The fraction of sp³-hybridized carbons (Fsp3) is 0.100. The molecular formula is C10H7Cl2NS. The van der Waals surface area contributed by atoms with E-state index >= 15 is 0 Å². The van der Waals surface area contributed by atoms with Gasteiger partial charge < -0.3 is 0 Å². The van der Waals surface area contributed by atoms with Crippen molar-refractivity contribution in [1.29, 1.82) is 0 Å². The van der Waals surface area contributed by atoms with Crippen molar-refractivity contribution >= 4 is 34.5 Å². The molecule has 0 aromatic carbocycles. The summed E-state index contributed by atoms with van der Waals surface area (Å²) in [6.45, 7) is 0. The van der Waals surface area contributed by atoms with Crippen LogP contribution >= 0.6 is 34.5 Å². The monoisotopic (exact) mass is 243 g/mol. The maximum absolute atomic E-state index is 6.26. The van der Waals surface area contributed by atoms with Gasteiger partial charge in [-0.3, -0.25) is 4.98 Å². The van der Waals surface area contributed by atoms with E-state index in [9.17, 15) is 0 Å². The van der Waals surface area contributed by atoms with Gasteiger partial charge in [0.2, 0.25) is 0 Å². The molecule has 1 nitrogen and oxygen atoms in total. The maximum atomic E-state index is 6.26. The summed E-state index contributed by atoms with van der Waals surface area (Å²) >= 11 is 13.6. The average Bonchev–Trinajstić information content (AvgIpc) is 2.65. The van der Waals surface area contributed by atoms with Crippen LogP contribution in [0.15, 0.2) is 36.7 Å². The van der Waals surface area contributed by atoms with Crippen molar-refractivity contribution < 1.29 is 0 Å². The number of nitrogens with zero attached hydrogens (tertiary/aromatic N) is 1. The first-order chi connectivity index (χ1) is 6.77. The molecule has 0 aliphatic carbocycles. The number of alkyl halides is 1. The minimum absolute atomic E-state index is 0.152. The van der Waals surface area contributed by atoms with Crippen molar-refractivity contribution in [3.05, 3.63) is 51.4 Å². The third kappa shape index (κ3) is 2.08. The average molecular weight is 244 g/mol. The van der Waals surface area contributed by atoms with E-state index in [4.69, 9.17) is 23.2 Å². The van der Waals surface area contributed by atoms with Gasteiger partial charge in [0, 0.05) is 17.3 Å². The van der Waals surface area contributed by atoms with Crippen molar-refractivity contribution in [3.8, 4) is 0 Å². The SMILES string of the molecule is Clc1ccc(C(Cl)c2cccnc2)s1. The highest BCUT2D eigenvalue weighted by Gasteiger charge is 2.12. The fourth-order valence-corrected chi connectivity index (χ4v) is 2.56. The lowest BCUT2D eigenvalue weighted by molar-refractivity contribution is 1.14. The first-order valence-corrected chi connectivity index (χ1v) is 5.69. The molecule has 2 rings (SSSR count). The lowest BCUT2D eigenvalue weighted by Gasteiger charge is -2.05. The molecule has 0 saturated heterocycles. The smallest absolute Gasteiger partial charge is 0.0943 e. The zero-order valence-corrected chi connectivity index (χ0v) is 9.48. The molecule has 2 aromatic heterocycles. The van der Waals surface area contributed by atoms with Gasteiger partial charge in [0.05, 0.1) is 9.71 Å². The molecule has 0 saturated carbocycles. The third-order valence-corrected chi connectivity index (χ3v) is 3.73. The van der Waals surface area contributed by atoms with Gasteiger partial charge in [-0.1, -0.05) is 17.7 Å². The van der Waals surface area contributed by atoms with Gasteiger partial charge in [0.15, 0.2) is 0 Å². The highest BCUT2D eigenvalue weighted by atomic mass is 35.5. The van der Waals surface area contributed by atoms with E-state index < -0.39 is 0 Å². The highest BCUT2D eigenvalue weighted by molar-refractivity contribution is 7.16. The lowest BCUT2D eigenvalue weighted by Crippen LogP contribution is -1.89. The molecule has 4 heteroatoms. The Balaban J connectivity index is 2.29. The minimum Gasteiger partial charge on any atom is -0.264 e. The summed E-state index contributed by atoms with van der Waals surface area (Å²) in [4.78, 5) is 5.07. The third-order valence-electron chi connectivity index (χ3n) is 1.82. The van der Waals surface area contributed by atoms with Gasteiger partial charge in [-0.25, -0.2) is 0 Å². The number of rotatable bonds is 2. The van der Waals surface area contributed by atoms with E-state index in [2.05, 4.69) is 4.98 Å². The Bertz CT molecular complexity index is 413. The van der Waals surface area contributed by atoms with Crippen LogP contribution in [0.1, 0.15) is 15.8 Å².